The van der Waals surface area contributed by atoms with Gasteiger partial charge in [-0.2, -0.15) is 0 Å². The normalized spacial score (nSPS) is 9.76. The molecule has 0 atom stereocenters. The van der Waals surface area contributed by atoms with Crippen LogP contribution < -0.4 is 15.2 Å². The van der Waals surface area contributed by atoms with Crippen LogP contribution in [0.25, 0.3) is 0 Å². The van der Waals surface area contributed by atoms with E-state index in [1.807, 2.05) is 0 Å². The lowest BCUT2D eigenvalue weighted by atomic mass is 10.1. The predicted molar refractivity (Wildman–Crippen MR) is 62.3 cm³/mol. The highest BCUT2D eigenvalue weighted by Crippen LogP contribution is 2.25. The summed E-state index contributed by atoms with van der Waals surface area (Å²) in [7, 11) is 3.00. The average Bonchev–Trinajstić information content (AvgIpc) is 2.34. The van der Waals surface area contributed by atoms with E-state index in [9.17, 15) is 9.59 Å². The zero-order chi connectivity index (χ0) is 12.8. The number of rotatable bonds is 6. The SMILES string of the molecule is COc1ccc(C(=O)CCC(N)=O)c(OC)c1. The predicted octanol–water partition coefficient (Wildman–Crippen LogP) is 1.15. The summed E-state index contributed by atoms with van der Waals surface area (Å²) in [5.74, 6) is 0.362. The van der Waals surface area contributed by atoms with E-state index in [0.717, 1.165) is 0 Å². The van der Waals surface area contributed by atoms with Crippen molar-refractivity contribution in [3.8, 4) is 11.5 Å². The van der Waals surface area contributed by atoms with Crippen LogP contribution in [0.5, 0.6) is 11.5 Å². The third kappa shape index (κ3) is 3.48. The molecule has 0 unspecified atom stereocenters. The van der Waals surface area contributed by atoms with Crippen molar-refractivity contribution in [2.45, 2.75) is 12.8 Å². The molecule has 1 aromatic rings. The maximum Gasteiger partial charge on any atom is 0.217 e. The monoisotopic (exact) mass is 237 g/mol. The molecule has 0 fully saturated rings. The summed E-state index contributed by atoms with van der Waals surface area (Å²) in [6, 6.07) is 4.90. The minimum Gasteiger partial charge on any atom is -0.497 e. The summed E-state index contributed by atoms with van der Waals surface area (Å²) >= 11 is 0. The highest BCUT2D eigenvalue weighted by atomic mass is 16.5. The number of nitrogens with two attached hydrogens (primary N) is 1. The van der Waals surface area contributed by atoms with Crippen molar-refractivity contribution < 1.29 is 19.1 Å². The molecule has 0 heterocycles. The molecular formula is C12H15NO4. The molecule has 1 amide bonds. The number of Topliss-reactive ketones (excluding diaryl/α,β-unsaturated/α-hetero) is 1. The number of ether oxygens (including phenoxy) is 2. The van der Waals surface area contributed by atoms with Gasteiger partial charge in [-0.25, -0.2) is 0 Å². The maximum absolute atomic E-state index is 11.8. The topological polar surface area (TPSA) is 78.6 Å². The Labute approximate surface area is 99.5 Å². The average molecular weight is 237 g/mol. The second-order valence-electron chi connectivity index (χ2n) is 3.46. The molecule has 0 radical (unpaired) electrons. The third-order valence-corrected chi connectivity index (χ3v) is 2.31. The van der Waals surface area contributed by atoms with Crippen LogP contribution in [0.3, 0.4) is 0 Å². The van der Waals surface area contributed by atoms with E-state index in [1.165, 1.54) is 14.2 Å². The Morgan fingerprint density at radius 2 is 1.88 bits per heavy atom. The molecule has 0 saturated heterocycles. The zero-order valence-corrected chi connectivity index (χ0v) is 9.86. The lowest BCUT2D eigenvalue weighted by Gasteiger charge is -2.09. The van der Waals surface area contributed by atoms with E-state index in [0.29, 0.717) is 17.1 Å². The van der Waals surface area contributed by atoms with Crippen LogP contribution >= 0.6 is 0 Å². The van der Waals surface area contributed by atoms with Gasteiger partial charge in [0.05, 0.1) is 19.8 Å². The van der Waals surface area contributed by atoms with Gasteiger partial charge in [0.25, 0.3) is 0 Å². The lowest BCUT2D eigenvalue weighted by Crippen LogP contribution is -2.13. The van der Waals surface area contributed by atoms with Crippen LogP contribution in [0.15, 0.2) is 18.2 Å². The Hall–Kier alpha value is -2.04. The second-order valence-corrected chi connectivity index (χ2v) is 3.46. The first-order valence-electron chi connectivity index (χ1n) is 5.12. The number of methoxy groups -OCH3 is 2. The fourth-order valence-corrected chi connectivity index (χ4v) is 1.40. The molecule has 2 N–H and O–H groups in total. The van der Waals surface area contributed by atoms with E-state index >= 15 is 0 Å². The molecule has 0 aromatic heterocycles. The smallest absolute Gasteiger partial charge is 0.217 e. The first-order valence-corrected chi connectivity index (χ1v) is 5.12. The second kappa shape index (κ2) is 5.89. The van der Waals surface area contributed by atoms with Crippen molar-refractivity contribution in [1.29, 1.82) is 0 Å². The third-order valence-electron chi connectivity index (χ3n) is 2.31. The van der Waals surface area contributed by atoms with Crippen molar-refractivity contribution in [3.63, 3.8) is 0 Å². The molecule has 0 bridgehead atoms. The van der Waals surface area contributed by atoms with Gasteiger partial charge in [0.1, 0.15) is 11.5 Å². The van der Waals surface area contributed by atoms with Gasteiger partial charge in [0, 0.05) is 18.9 Å². The van der Waals surface area contributed by atoms with Crippen LogP contribution in [0.2, 0.25) is 0 Å². The van der Waals surface area contributed by atoms with Crippen molar-refractivity contribution in [3.05, 3.63) is 23.8 Å². The number of hydrogen-bond acceptors (Lipinski definition) is 4. The van der Waals surface area contributed by atoms with Gasteiger partial charge in [-0.05, 0) is 12.1 Å². The van der Waals surface area contributed by atoms with E-state index in [2.05, 4.69) is 0 Å². The number of amides is 1. The molecule has 0 aliphatic rings. The summed E-state index contributed by atoms with van der Waals surface area (Å²) in [6.45, 7) is 0. The highest BCUT2D eigenvalue weighted by molar-refractivity contribution is 6.00. The minimum atomic E-state index is -0.495. The Morgan fingerprint density at radius 3 is 2.41 bits per heavy atom. The van der Waals surface area contributed by atoms with Crippen LogP contribution in [0.4, 0.5) is 0 Å². The molecule has 5 nitrogen and oxygen atoms in total. The minimum absolute atomic E-state index is 0.0357. The molecule has 0 saturated carbocycles. The molecular weight excluding hydrogens is 222 g/mol. The number of benzene rings is 1. The van der Waals surface area contributed by atoms with E-state index in [-0.39, 0.29) is 18.6 Å². The van der Waals surface area contributed by atoms with E-state index in [1.54, 1.807) is 18.2 Å². The molecule has 1 aromatic carbocycles. The number of carbonyl (C=O) groups is 2. The van der Waals surface area contributed by atoms with Crippen molar-refractivity contribution >= 4 is 11.7 Å². The standard InChI is InChI=1S/C12H15NO4/c1-16-8-3-4-9(11(7-8)17-2)10(14)5-6-12(13)15/h3-4,7H,5-6H2,1-2H3,(H2,13,15). The molecule has 17 heavy (non-hydrogen) atoms. The Kier molecular flexibility index (Phi) is 4.51. The van der Waals surface area contributed by atoms with Gasteiger partial charge in [0.15, 0.2) is 5.78 Å². The summed E-state index contributed by atoms with van der Waals surface area (Å²) < 4.78 is 10.1. The molecule has 92 valence electrons. The van der Waals surface area contributed by atoms with Crippen molar-refractivity contribution in [2.75, 3.05) is 14.2 Å². The largest absolute Gasteiger partial charge is 0.497 e. The fourth-order valence-electron chi connectivity index (χ4n) is 1.40. The Morgan fingerprint density at radius 1 is 1.18 bits per heavy atom. The van der Waals surface area contributed by atoms with Gasteiger partial charge in [-0.3, -0.25) is 9.59 Å². The zero-order valence-electron chi connectivity index (χ0n) is 9.86. The van der Waals surface area contributed by atoms with Gasteiger partial charge in [-0.15, -0.1) is 0 Å². The van der Waals surface area contributed by atoms with Gasteiger partial charge in [0.2, 0.25) is 5.91 Å². The Bertz CT molecular complexity index is 429. The van der Waals surface area contributed by atoms with E-state index in [4.69, 9.17) is 15.2 Å². The lowest BCUT2D eigenvalue weighted by molar-refractivity contribution is -0.118. The molecule has 0 spiro atoms. The van der Waals surface area contributed by atoms with Crippen molar-refractivity contribution in [2.24, 2.45) is 5.73 Å². The van der Waals surface area contributed by atoms with Gasteiger partial charge < -0.3 is 15.2 Å². The van der Waals surface area contributed by atoms with E-state index < -0.39 is 5.91 Å². The molecule has 1 rings (SSSR count). The maximum atomic E-state index is 11.8. The number of hydrogen-bond donors (Lipinski definition) is 1. The number of ketones is 1. The molecule has 0 aliphatic heterocycles. The summed E-state index contributed by atoms with van der Waals surface area (Å²) in [6.07, 6.45) is 0.117. The fraction of sp³-hybridized carbons (Fsp3) is 0.333. The summed E-state index contributed by atoms with van der Waals surface area (Å²) in [5.41, 5.74) is 5.42. The van der Waals surface area contributed by atoms with Crippen LogP contribution in [0.1, 0.15) is 23.2 Å². The van der Waals surface area contributed by atoms with Crippen LogP contribution in [-0.2, 0) is 4.79 Å². The number of primary amides is 1. The summed E-state index contributed by atoms with van der Waals surface area (Å²) in [5, 5.41) is 0. The first kappa shape index (κ1) is 13.0. The van der Waals surface area contributed by atoms with Crippen LogP contribution in [-0.4, -0.2) is 25.9 Å². The number of carbonyl (C=O) groups excluding carboxylic acids is 2. The van der Waals surface area contributed by atoms with Gasteiger partial charge in [-0.1, -0.05) is 0 Å². The quantitative estimate of drug-likeness (QED) is 0.753. The Balaban J connectivity index is 2.89. The van der Waals surface area contributed by atoms with Crippen molar-refractivity contribution in [1.82, 2.24) is 0 Å². The summed E-state index contributed by atoms with van der Waals surface area (Å²) in [4.78, 5) is 22.4. The molecule has 5 heteroatoms. The van der Waals surface area contributed by atoms with Gasteiger partial charge >= 0.3 is 0 Å². The molecule has 0 aliphatic carbocycles. The van der Waals surface area contributed by atoms with Crippen LogP contribution in [0, 0.1) is 0 Å². The first-order chi connectivity index (χ1) is 8.08. The highest BCUT2D eigenvalue weighted by Gasteiger charge is 2.13.